The summed E-state index contributed by atoms with van der Waals surface area (Å²) >= 11 is 0. The minimum absolute atomic E-state index is 0.0831. The Kier molecular flexibility index (Phi) is 11.2. The van der Waals surface area contributed by atoms with Crippen LogP contribution in [0.1, 0.15) is 85.4 Å². The summed E-state index contributed by atoms with van der Waals surface area (Å²) in [4.78, 5) is 43.1. The third kappa shape index (κ3) is 8.87. The lowest BCUT2D eigenvalue weighted by Crippen LogP contribution is -2.60. The number of methoxy groups -OCH3 is 1. The molecule has 9 heteroatoms. The van der Waals surface area contributed by atoms with Crippen LogP contribution in [0, 0.1) is 12.8 Å². The fourth-order valence-electron chi connectivity index (χ4n) is 4.36. The Morgan fingerprint density at radius 2 is 1.61 bits per heavy atom. The molecule has 0 saturated carbocycles. The quantitative estimate of drug-likeness (QED) is 0.290. The summed E-state index contributed by atoms with van der Waals surface area (Å²) in [5, 5.41) is 16.0. The molecule has 2 aromatic rings. The molecule has 0 heterocycles. The lowest BCUT2D eigenvalue weighted by molar-refractivity contribution is -0.148. The fraction of sp³-hybridized carbons (Fsp3) is 0.531. The zero-order valence-electron chi connectivity index (χ0n) is 26.1. The van der Waals surface area contributed by atoms with Crippen LogP contribution in [0.5, 0.6) is 11.5 Å². The number of aryl methyl sites for hydroxylation is 1. The number of rotatable bonds is 11. The van der Waals surface area contributed by atoms with Crippen LogP contribution in [-0.2, 0) is 14.3 Å². The Hall–Kier alpha value is -3.75. The van der Waals surface area contributed by atoms with Crippen LogP contribution in [0.25, 0.3) is 0 Å². The van der Waals surface area contributed by atoms with E-state index in [0.717, 1.165) is 0 Å². The molecule has 226 valence electrons. The Balaban J connectivity index is 2.68. The van der Waals surface area contributed by atoms with Gasteiger partial charge in [-0.3, -0.25) is 9.59 Å². The van der Waals surface area contributed by atoms with Crippen molar-refractivity contribution in [2.75, 3.05) is 12.4 Å². The first kappa shape index (κ1) is 33.5. The summed E-state index contributed by atoms with van der Waals surface area (Å²) in [5.41, 5.74) is 0.0768. The molecule has 0 bridgehead atoms. The Bertz CT molecular complexity index is 1200. The van der Waals surface area contributed by atoms with Crippen molar-refractivity contribution in [3.63, 3.8) is 0 Å². The molecule has 3 atom stereocenters. The molecule has 3 amide bonds. The summed E-state index contributed by atoms with van der Waals surface area (Å²) in [7, 11) is 1.56. The van der Waals surface area contributed by atoms with Crippen molar-refractivity contribution in [3.8, 4) is 11.5 Å². The van der Waals surface area contributed by atoms with Gasteiger partial charge in [-0.05, 0) is 101 Å². The molecule has 0 spiro atoms. The first-order valence-electron chi connectivity index (χ1n) is 14.1. The molecule has 0 fully saturated rings. The van der Waals surface area contributed by atoms with Crippen LogP contribution in [-0.4, -0.2) is 52.2 Å². The fourth-order valence-corrected chi connectivity index (χ4v) is 4.36. The monoisotopic (exact) mass is 569 g/mol. The predicted octanol–water partition coefficient (Wildman–Crippen LogP) is 6.35. The Morgan fingerprint density at radius 1 is 1.00 bits per heavy atom. The normalized spacial score (nSPS) is 13.9. The topological polar surface area (TPSA) is 117 Å². The van der Waals surface area contributed by atoms with Gasteiger partial charge in [0.25, 0.3) is 5.91 Å². The minimum atomic E-state index is -1.08. The lowest BCUT2D eigenvalue weighted by Gasteiger charge is -2.45. The highest BCUT2D eigenvalue weighted by Gasteiger charge is 2.44. The number of carbonyl (C=O) groups is 3. The molecule has 2 rings (SSSR count). The van der Waals surface area contributed by atoms with Gasteiger partial charge in [-0.25, -0.2) is 4.79 Å². The van der Waals surface area contributed by atoms with E-state index in [1.807, 2.05) is 34.6 Å². The number of benzene rings is 2. The number of nitrogens with one attached hydrogen (secondary N) is 2. The zero-order chi connectivity index (χ0) is 31.1. The van der Waals surface area contributed by atoms with E-state index in [1.165, 1.54) is 6.07 Å². The highest BCUT2D eigenvalue weighted by atomic mass is 16.6. The number of amides is 3. The molecular weight excluding hydrogens is 522 g/mol. The lowest BCUT2D eigenvalue weighted by atomic mass is 9.89. The number of ether oxygens (including phenoxy) is 2. The van der Waals surface area contributed by atoms with Crippen molar-refractivity contribution in [3.05, 3.63) is 53.6 Å². The van der Waals surface area contributed by atoms with E-state index in [1.54, 1.807) is 76.1 Å². The number of hydrogen-bond acceptors (Lipinski definition) is 6. The second kappa shape index (κ2) is 13.7. The number of carbonyl (C=O) groups excluding carboxylic acids is 3. The van der Waals surface area contributed by atoms with E-state index < -0.39 is 41.1 Å². The van der Waals surface area contributed by atoms with Gasteiger partial charge in [0.2, 0.25) is 5.91 Å². The second-order valence-electron chi connectivity index (χ2n) is 12.0. The van der Waals surface area contributed by atoms with Gasteiger partial charge >= 0.3 is 6.09 Å². The van der Waals surface area contributed by atoms with Gasteiger partial charge in [-0.1, -0.05) is 33.3 Å². The molecule has 9 nitrogen and oxygen atoms in total. The third-order valence-corrected chi connectivity index (χ3v) is 7.31. The summed E-state index contributed by atoms with van der Waals surface area (Å²) in [6.07, 6.45) is 0.431. The maximum Gasteiger partial charge on any atom is 0.408 e. The minimum Gasteiger partial charge on any atom is -0.508 e. The van der Waals surface area contributed by atoms with Crippen LogP contribution in [0.3, 0.4) is 0 Å². The van der Waals surface area contributed by atoms with E-state index in [4.69, 9.17) is 9.47 Å². The van der Waals surface area contributed by atoms with Gasteiger partial charge in [0.05, 0.1) is 7.11 Å². The van der Waals surface area contributed by atoms with Crippen LogP contribution in [0.15, 0.2) is 42.5 Å². The first-order chi connectivity index (χ1) is 19.0. The number of nitrogens with zero attached hydrogens (tertiary/aromatic N) is 1. The summed E-state index contributed by atoms with van der Waals surface area (Å²) < 4.78 is 10.7. The summed E-state index contributed by atoms with van der Waals surface area (Å²) in [6.45, 7) is 16.6. The van der Waals surface area contributed by atoms with E-state index in [9.17, 15) is 19.5 Å². The average molecular weight is 570 g/mol. The number of phenols is 1. The molecular formula is C32H47N3O6. The Labute approximate surface area is 244 Å². The van der Waals surface area contributed by atoms with Crippen molar-refractivity contribution < 1.29 is 29.0 Å². The summed E-state index contributed by atoms with van der Waals surface area (Å²) in [5.74, 6) is -0.369. The van der Waals surface area contributed by atoms with Gasteiger partial charge in [0, 0.05) is 11.2 Å². The average Bonchev–Trinajstić information content (AvgIpc) is 2.90. The number of alkyl carbamates (subject to hydrolysis) is 1. The standard InChI is InChI=1S/C32H47N3O6/c1-11-20(3)26(34-30(39)41-31(5,6)7)29(38)35(32(8,9)12-2)27(22-13-18-25(36)21(4)19-22)28(37)33-23-14-16-24(40-10)17-15-23/h13-20,26-27,36H,11-12H2,1-10H3,(H,33,37)(H,34,39). The first-order valence-corrected chi connectivity index (χ1v) is 14.1. The highest BCUT2D eigenvalue weighted by molar-refractivity contribution is 5.99. The largest absolute Gasteiger partial charge is 0.508 e. The molecule has 0 radical (unpaired) electrons. The molecule has 2 aromatic carbocycles. The molecule has 41 heavy (non-hydrogen) atoms. The van der Waals surface area contributed by atoms with E-state index in [0.29, 0.717) is 35.4 Å². The number of anilines is 1. The zero-order valence-corrected chi connectivity index (χ0v) is 26.1. The molecule has 0 aliphatic rings. The van der Waals surface area contributed by atoms with Gasteiger partial charge in [0.1, 0.15) is 29.2 Å². The number of aromatic hydroxyl groups is 1. The van der Waals surface area contributed by atoms with E-state index in [2.05, 4.69) is 10.6 Å². The van der Waals surface area contributed by atoms with Gasteiger partial charge in [-0.15, -0.1) is 0 Å². The van der Waals surface area contributed by atoms with Crippen LogP contribution >= 0.6 is 0 Å². The van der Waals surface area contributed by atoms with Crippen LogP contribution < -0.4 is 15.4 Å². The van der Waals surface area contributed by atoms with Crippen molar-refractivity contribution in [2.45, 2.75) is 98.4 Å². The molecule has 3 N–H and O–H groups in total. The van der Waals surface area contributed by atoms with Gasteiger partial charge < -0.3 is 30.1 Å². The van der Waals surface area contributed by atoms with E-state index >= 15 is 0 Å². The second-order valence-corrected chi connectivity index (χ2v) is 12.0. The van der Waals surface area contributed by atoms with Gasteiger partial charge in [0.15, 0.2) is 0 Å². The van der Waals surface area contributed by atoms with Crippen molar-refractivity contribution in [1.29, 1.82) is 0 Å². The third-order valence-electron chi connectivity index (χ3n) is 7.31. The predicted molar refractivity (Wildman–Crippen MR) is 161 cm³/mol. The molecule has 0 aromatic heterocycles. The summed E-state index contributed by atoms with van der Waals surface area (Å²) in [6, 6.07) is 9.76. The molecule has 0 aliphatic carbocycles. The number of hydrogen-bond donors (Lipinski definition) is 3. The van der Waals surface area contributed by atoms with Crippen LogP contribution in [0.2, 0.25) is 0 Å². The van der Waals surface area contributed by atoms with E-state index in [-0.39, 0.29) is 11.7 Å². The Morgan fingerprint density at radius 3 is 2.10 bits per heavy atom. The maximum atomic E-state index is 14.6. The maximum absolute atomic E-state index is 14.6. The highest BCUT2D eigenvalue weighted by Crippen LogP contribution is 2.35. The SMILES string of the molecule is CCC(C)C(NC(=O)OC(C)(C)C)C(=O)N(C(C(=O)Nc1ccc(OC)cc1)c1ccc(O)c(C)c1)C(C)(C)CC. The molecule has 0 aliphatic heterocycles. The molecule has 3 unspecified atom stereocenters. The van der Waals surface area contributed by atoms with Crippen molar-refractivity contribution >= 4 is 23.6 Å². The molecule has 0 saturated heterocycles. The number of phenolic OH excluding ortho intramolecular Hbond substituents is 1. The van der Waals surface area contributed by atoms with Crippen LogP contribution in [0.4, 0.5) is 10.5 Å². The van der Waals surface area contributed by atoms with Crippen molar-refractivity contribution in [1.82, 2.24) is 10.2 Å². The van der Waals surface area contributed by atoms with Crippen molar-refractivity contribution in [2.24, 2.45) is 5.92 Å². The smallest absolute Gasteiger partial charge is 0.408 e. The van der Waals surface area contributed by atoms with Gasteiger partial charge in [-0.2, -0.15) is 0 Å².